The van der Waals surface area contributed by atoms with Gasteiger partial charge >= 0.3 is 5.97 Å². The van der Waals surface area contributed by atoms with Gasteiger partial charge in [-0.3, -0.25) is 4.79 Å². The molecule has 0 atom stereocenters. The summed E-state index contributed by atoms with van der Waals surface area (Å²) in [6, 6.07) is 5.59. The van der Waals surface area contributed by atoms with Crippen molar-refractivity contribution in [3.63, 3.8) is 0 Å². The van der Waals surface area contributed by atoms with E-state index in [1.54, 1.807) is 0 Å². The largest absolute Gasteiger partial charge is 0.481 e. The van der Waals surface area contributed by atoms with Crippen molar-refractivity contribution < 1.29 is 18.3 Å². The topological polar surface area (TPSA) is 83.5 Å². The van der Waals surface area contributed by atoms with Crippen LogP contribution in [0.4, 0.5) is 0 Å². The lowest BCUT2D eigenvalue weighted by atomic mass is 10.1. The van der Waals surface area contributed by atoms with Crippen LogP contribution in [0, 0.1) is 13.8 Å². The van der Waals surface area contributed by atoms with Crippen molar-refractivity contribution in [2.45, 2.75) is 26.0 Å². The van der Waals surface area contributed by atoms with E-state index in [0.29, 0.717) is 0 Å². The second-order valence-corrected chi connectivity index (χ2v) is 5.97. The van der Waals surface area contributed by atoms with Crippen molar-refractivity contribution in [2.24, 2.45) is 0 Å². The second kappa shape index (κ2) is 5.97. The van der Waals surface area contributed by atoms with Crippen LogP contribution in [0.15, 0.2) is 18.2 Å². The first kappa shape index (κ1) is 14.7. The third-order valence-corrected chi connectivity index (χ3v) is 3.95. The highest BCUT2D eigenvalue weighted by Crippen LogP contribution is 2.15. The van der Waals surface area contributed by atoms with Crippen LogP contribution in [0.5, 0.6) is 0 Å². The number of carbonyl (C=O) groups is 1. The number of aryl methyl sites for hydroxylation is 2. The lowest BCUT2D eigenvalue weighted by molar-refractivity contribution is -0.136. The molecular formula is C12H17NO4S. The minimum absolute atomic E-state index is 0.0808. The molecule has 0 fully saturated rings. The molecule has 6 heteroatoms. The minimum Gasteiger partial charge on any atom is -0.481 e. The van der Waals surface area contributed by atoms with Crippen molar-refractivity contribution in [1.82, 2.24) is 4.72 Å². The Morgan fingerprint density at radius 2 is 1.83 bits per heavy atom. The van der Waals surface area contributed by atoms with Crippen molar-refractivity contribution >= 4 is 16.0 Å². The van der Waals surface area contributed by atoms with Crippen LogP contribution in [0.25, 0.3) is 0 Å². The Morgan fingerprint density at radius 1 is 1.28 bits per heavy atom. The van der Waals surface area contributed by atoms with Gasteiger partial charge in [0.05, 0.1) is 12.2 Å². The highest BCUT2D eigenvalue weighted by molar-refractivity contribution is 7.88. The average Bonchev–Trinajstić information content (AvgIpc) is 2.23. The van der Waals surface area contributed by atoms with E-state index in [1.807, 2.05) is 32.0 Å². The molecule has 0 radical (unpaired) electrons. The maximum atomic E-state index is 11.8. The van der Waals surface area contributed by atoms with Crippen molar-refractivity contribution in [3.8, 4) is 0 Å². The second-order valence-electron chi connectivity index (χ2n) is 4.17. The number of aliphatic carboxylic acids is 1. The molecule has 0 aliphatic heterocycles. The Morgan fingerprint density at radius 3 is 2.33 bits per heavy atom. The zero-order chi connectivity index (χ0) is 13.8. The molecule has 0 aromatic heterocycles. The molecule has 0 saturated carbocycles. The molecule has 1 rings (SSSR count). The Balaban J connectivity index is 2.74. The minimum atomic E-state index is -3.49. The summed E-state index contributed by atoms with van der Waals surface area (Å²) in [5, 5.41) is 8.45. The van der Waals surface area contributed by atoms with Gasteiger partial charge in [0.1, 0.15) is 0 Å². The number of carboxylic acid groups (broad SMARTS) is 1. The molecule has 18 heavy (non-hydrogen) atoms. The van der Waals surface area contributed by atoms with E-state index in [-0.39, 0.29) is 18.7 Å². The van der Waals surface area contributed by atoms with Gasteiger partial charge in [-0.1, -0.05) is 18.2 Å². The zero-order valence-electron chi connectivity index (χ0n) is 10.4. The molecule has 0 spiro atoms. The van der Waals surface area contributed by atoms with E-state index in [4.69, 9.17) is 5.11 Å². The van der Waals surface area contributed by atoms with Crippen LogP contribution < -0.4 is 4.72 Å². The number of sulfonamides is 1. The van der Waals surface area contributed by atoms with Crippen LogP contribution in [-0.2, 0) is 20.6 Å². The van der Waals surface area contributed by atoms with Crippen LogP contribution in [0.1, 0.15) is 23.1 Å². The zero-order valence-corrected chi connectivity index (χ0v) is 11.3. The Bertz CT molecular complexity index is 517. The molecule has 0 heterocycles. The highest BCUT2D eigenvalue weighted by Gasteiger charge is 2.14. The van der Waals surface area contributed by atoms with Crippen LogP contribution in [0.2, 0.25) is 0 Å². The number of nitrogens with one attached hydrogen (secondary N) is 1. The molecule has 1 aromatic rings. The van der Waals surface area contributed by atoms with Gasteiger partial charge in [0.25, 0.3) is 0 Å². The van der Waals surface area contributed by atoms with Gasteiger partial charge in [-0.15, -0.1) is 0 Å². The van der Waals surface area contributed by atoms with Crippen LogP contribution >= 0.6 is 0 Å². The van der Waals surface area contributed by atoms with Crippen molar-refractivity contribution in [1.29, 1.82) is 0 Å². The SMILES string of the molecule is Cc1cccc(C)c1CS(=O)(=O)NCCC(=O)O. The summed E-state index contributed by atoms with van der Waals surface area (Å²) in [7, 11) is -3.49. The number of hydrogen-bond acceptors (Lipinski definition) is 3. The van der Waals surface area contributed by atoms with Crippen LogP contribution in [-0.4, -0.2) is 26.0 Å². The first-order valence-corrected chi connectivity index (χ1v) is 7.21. The molecule has 1 aromatic carbocycles. The predicted molar refractivity (Wildman–Crippen MR) is 68.8 cm³/mol. The monoisotopic (exact) mass is 271 g/mol. The van der Waals surface area contributed by atoms with E-state index in [0.717, 1.165) is 16.7 Å². The fourth-order valence-corrected chi connectivity index (χ4v) is 2.98. The summed E-state index contributed by atoms with van der Waals surface area (Å²) in [5.74, 6) is -1.14. The third kappa shape index (κ3) is 4.46. The molecule has 0 aliphatic carbocycles. The molecule has 0 saturated heterocycles. The van der Waals surface area contributed by atoms with Gasteiger partial charge in [0.15, 0.2) is 0 Å². The van der Waals surface area contributed by atoms with E-state index in [2.05, 4.69) is 4.72 Å². The predicted octanol–water partition coefficient (Wildman–Crippen LogP) is 1.20. The van der Waals surface area contributed by atoms with E-state index in [9.17, 15) is 13.2 Å². The van der Waals surface area contributed by atoms with Gasteiger partial charge in [-0.05, 0) is 30.5 Å². The number of carboxylic acids is 1. The molecule has 100 valence electrons. The Kier molecular flexibility index (Phi) is 4.86. The standard InChI is InChI=1S/C12H17NO4S/c1-9-4-3-5-10(2)11(9)8-18(16,17)13-7-6-12(14)15/h3-5,13H,6-8H2,1-2H3,(H,14,15). The fourth-order valence-electron chi connectivity index (χ4n) is 1.63. The maximum Gasteiger partial charge on any atom is 0.304 e. The lowest BCUT2D eigenvalue weighted by Crippen LogP contribution is -2.28. The first-order valence-electron chi connectivity index (χ1n) is 5.56. The molecule has 5 nitrogen and oxygen atoms in total. The molecule has 0 bridgehead atoms. The van der Waals surface area contributed by atoms with E-state index >= 15 is 0 Å². The molecule has 0 aliphatic rings. The third-order valence-electron chi connectivity index (χ3n) is 2.64. The van der Waals surface area contributed by atoms with Crippen molar-refractivity contribution in [2.75, 3.05) is 6.54 Å². The molecular weight excluding hydrogens is 254 g/mol. The van der Waals surface area contributed by atoms with Gasteiger partial charge in [0.2, 0.25) is 10.0 Å². The molecule has 0 amide bonds. The molecule has 2 N–H and O–H groups in total. The number of hydrogen-bond donors (Lipinski definition) is 2. The Labute approximate surface area is 107 Å². The molecule has 0 unspecified atom stereocenters. The summed E-state index contributed by atoms with van der Waals surface area (Å²) < 4.78 is 25.8. The van der Waals surface area contributed by atoms with Gasteiger partial charge in [-0.25, -0.2) is 13.1 Å². The quantitative estimate of drug-likeness (QED) is 0.814. The normalized spacial score (nSPS) is 11.4. The number of benzene rings is 1. The van der Waals surface area contributed by atoms with Gasteiger partial charge in [-0.2, -0.15) is 0 Å². The summed E-state index contributed by atoms with van der Waals surface area (Å²) in [6.45, 7) is 3.63. The average molecular weight is 271 g/mol. The van der Waals surface area contributed by atoms with Crippen LogP contribution in [0.3, 0.4) is 0 Å². The smallest absolute Gasteiger partial charge is 0.304 e. The maximum absolute atomic E-state index is 11.8. The highest BCUT2D eigenvalue weighted by atomic mass is 32.2. The summed E-state index contributed by atoms with van der Waals surface area (Å²) in [5.41, 5.74) is 2.59. The number of rotatable bonds is 6. The van der Waals surface area contributed by atoms with Gasteiger partial charge in [0, 0.05) is 6.54 Å². The summed E-state index contributed by atoms with van der Waals surface area (Å²) in [4.78, 5) is 10.3. The Hall–Kier alpha value is -1.40. The first-order chi connectivity index (χ1) is 8.32. The van der Waals surface area contributed by atoms with E-state index in [1.165, 1.54) is 0 Å². The van der Waals surface area contributed by atoms with E-state index < -0.39 is 16.0 Å². The summed E-state index contributed by atoms with van der Waals surface area (Å²) in [6.07, 6.45) is -0.216. The lowest BCUT2D eigenvalue weighted by Gasteiger charge is -2.10. The summed E-state index contributed by atoms with van der Waals surface area (Å²) >= 11 is 0. The van der Waals surface area contributed by atoms with Gasteiger partial charge < -0.3 is 5.11 Å². The van der Waals surface area contributed by atoms with Crippen molar-refractivity contribution in [3.05, 3.63) is 34.9 Å². The fraction of sp³-hybridized carbons (Fsp3) is 0.417.